The van der Waals surface area contributed by atoms with Crippen molar-refractivity contribution in [1.82, 2.24) is 29.7 Å². The maximum absolute atomic E-state index is 12.6. The van der Waals surface area contributed by atoms with Gasteiger partial charge in [0.05, 0.1) is 12.7 Å². The standard InChI is InChI=1S/C19H17ClN6O3/c1-25-17-14(22-24-25)6-7-26(19(17)27)9-16-21-18(23-29-16)12-8-15(28-10-12)11-2-4-13(20)5-3-11/h2-7,12,15H,8-10H2,1H3/t12-,15+/m0/s1. The summed E-state index contributed by atoms with van der Waals surface area (Å²) in [5, 5.41) is 12.6. The Morgan fingerprint density at radius 3 is 2.90 bits per heavy atom. The van der Waals surface area contributed by atoms with E-state index in [4.69, 9.17) is 20.9 Å². The molecule has 5 rings (SSSR count). The molecule has 0 aliphatic carbocycles. The van der Waals surface area contributed by atoms with Gasteiger partial charge in [-0.25, -0.2) is 4.68 Å². The first-order chi connectivity index (χ1) is 14.1. The van der Waals surface area contributed by atoms with E-state index < -0.39 is 0 Å². The van der Waals surface area contributed by atoms with Crippen LogP contribution in [0.5, 0.6) is 0 Å². The predicted molar refractivity (Wildman–Crippen MR) is 104 cm³/mol. The number of pyridine rings is 1. The third-order valence-corrected chi connectivity index (χ3v) is 5.37. The zero-order chi connectivity index (χ0) is 20.0. The van der Waals surface area contributed by atoms with Gasteiger partial charge in [0.1, 0.15) is 12.1 Å². The van der Waals surface area contributed by atoms with Crippen molar-refractivity contribution < 1.29 is 9.26 Å². The Hall–Kier alpha value is -3.04. The number of halogens is 1. The summed E-state index contributed by atoms with van der Waals surface area (Å²) in [5.74, 6) is 0.993. The van der Waals surface area contributed by atoms with Gasteiger partial charge in [-0.2, -0.15) is 4.98 Å². The smallest absolute Gasteiger partial charge is 0.278 e. The molecule has 1 aliphatic heterocycles. The van der Waals surface area contributed by atoms with Gasteiger partial charge < -0.3 is 13.8 Å². The van der Waals surface area contributed by atoms with Crippen LogP contribution in [-0.2, 0) is 18.3 Å². The maximum atomic E-state index is 12.6. The monoisotopic (exact) mass is 412 g/mol. The van der Waals surface area contributed by atoms with Crippen LogP contribution >= 0.6 is 11.6 Å². The molecule has 29 heavy (non-hydrogen) atoms. The first-order valence-corrected chi connectivity index (χ1v) is 9.54. The molecule has 0 unspecified atom stereocenters. The molecule has 0 amide bonds. The Labute approximate surface area is 169 Å². The first-order valence-electron chi connectivity index (χ1n) is 9.17. The molecule has 1 aliphatic rings. The summed E-state index contributed by atoms with van der Waals surface area (Å²) in [4.78, 5) is 17.1. The molecule has 3 aromatic heterocycles. The highest BCUT2D eigenvalue weighted by Gasteiger charge is 2.31. The molecule has 1 saturated heterocycles. The number of nitrogens with zero attached hydrogens (tertiary/aromatic N) is 6. The first kappa shape index (κ1) is 18.0. The average Bonchev–Trinajstić information content (AvgIpc) is 3.45. The number of benzene rings is 1. The topological polar surface area (TPSA) is 101 Å². The van der Waals surface area contributed by atoms with Crippen LogP contribution in [-0.4, -0.2) is 36.3 Å². The van der Waals surface area contributed by atoms with Crippen molar-refractivity contribution in [1.29, 1.82) is 0 Å². The molecule has 0 radical (unpaired) electrons. The highest BCUT2D eigenvalue weighted by molar-refractivity contribution is 6.30. The van der Waals surface area contributed by atoms with Crippen LogP contribution in [0.15, 0.2) is 45.8 Å². The highest BCUT2D eigenvalue weighted by Crippen LogP contribution is 2.37. The zero-order valence-electron chi connectivity index (χ0n) is 15.5. The Kier molecular flexibility index (Phi) is 4.40. The Morgan fingerprint density at radius 1 is 1.24 bits per heavy atom. The van der Waals surface area contributed by atoms with Crippen LogP contribution in [0.25, 0.3) is 11.0 Å². The van der Waals surface area contributed by atoms with Crippen molar-refractivity contribution in [3.05, 3.63) is 69.2 Å². The second-order valence-corrected chi connectivity index (χ2v) is 7.48. The molecule has 148 valence electrons. The summed E-state index contributed by atoms with van der Waals surface area (Å²) < 4.78 is 14.3. The van der Waals surface area contributed by atoms with E-state index in [2.05, 4.69) is 20.5 Å². The van der Waals surface area contributed by atoms with Crippen molar-refractivity contribution in [2.45, 2.75) is 25.0 Å². The van der Waals surface area contributed by atoms with E-state index in [-0.39, 0.29) is 24.1 Å². The van der Waals surface area contributed by atoms with Gasteiger partial charge in [-0.15, -0.1) is 5.10 Å². The lowest BCUT2D eigenvalue weighted by molar-refractivity contribution is 0.110. The van der Waals surface area contributed by atoms with Gasteiger partial charge >= 0.3 is 0 Å². The fourth-order valence-electron chi connectivity index (χ4n) is 3.58. The molecule has 0 spiro atoms. The summed E-state index contributed by atoms with van der Waals surface area (Å²) in [6.45, 7) is 0.694. The van der Waals surface area contributed by atoms with Crippen LogP contribution < -0.4 is 5.56 Å². The van der Waals surface area contributed by atoms with Gasteiger partial charge in [-0.3, -0.25) is 4.79 Å². The maximum Gasteiger partial charge on any atom is 0.278 e. The number of hydrogen-bond donors (Lipinski definition) is 0. The summed E-state index contributed by atoms with van der Waals surface area (Å²) in [6, 6.07) is 9.38. The lowest BCUT2D eigenvalue weighted by atomic mass is 10.0. The van der Waals surface area contributed by atoms with Gasteiger partial charge in [0.2, 0.25) is 5.89 Å². The fourth-order valence-corrected chi connectivity index (χ4v) is 3.71. The van der Waals surface area contributed by atoms with E-state index in [9.17, 15) is 4.79 Å². The Morgan fingerprint density at radius 2 is 2.07 bits per heavy atom. The van der Waals surface area contributed by atoms with E-state index in [0.717, 1.165) is 12.0 Å². The number of ether oxygens (including phenoxy) is 1. The van der Waals surface area contributed by atoms with E-state index in [1.165, 1.54) is 9.25 Å². The van der Waals surface area contributed by atoms with E-state index >= 15 is 0 Å². The molecule has 0 bridgehead atoms. The van der Waals surface area contributed by atoms with Crippen LogP contribution in [0.1, 0.15) is 35.7 Å². The summed E-state index contributed by atoms with van der Waals surface area (Å²) in [7, 11) is 1.68. The molecular weight excluding hydrogens is 396 g/mol. The number of fused-ring (bicyclic) bond motifs is 1. The molecule has 2 atom stereocenters. The lowest BCUT2D eigenvalue weighted by Gasteiger charge is -2.09. The van der Waals surface area contributed by atoms with Crippen LogP contribution in [0.3, 0.4) is 0 Å². The zero-order valence-corrected chi connectivity index (χ0v) is 16.3. The average molecular weight is 413 g/mol. The third-order valence-electron chi connectivity index (χ3n) is 5.12. The highest BCUT2D eigenvalue weighted by atomic mass is 35.5. The minimum atomic E-state index is -0.207. The number of aryl methyl sites for hydroxylation is 1. The van der Waals surface area contributed by atoms with Gasteiger partial charge in [0.15, 0.2) is 11.3 Å². The van der Waals surface area contributed by atoms with E-state index in [0.29, 0.717) is 34.4 Å². The fraction of sp³-hybridized carbons (Fsp3) is 0.316. The van der Waals surface area contributed by atoms with Crippen molar-refractivity contribution in [3.63, 3.8) is 0 Å². The van der Waals surface area contributed by atoms with Gasteiger partial charge in [-0.1, -0.05) is 34.1 Å². The van der Waals surface area contributed by atoms with Crippen molar-refractivity contribution in [3.8, 4) is 0 Å². The van der Waals surface area contributed by atoms with Crippen LogP contribution in [0, 0.1) is 0 Å². The summed E-state index contributed by atoms with van der Waals surface area (Å²) in [6.07, 6.45) is 2.38. The molecular formula is C19H17ClN6O3. The number of rotatable bonds is 4. The quantitative estimate of drug-likeness (QED) is 0.507. The van der Waals surface area contributed by atoms with Crippen molar-refractivity contribution in [2.75, 3.05) is 6.61 Å². The van der Waals surface area contributed by atoms with Crippen molar-refractivity contribution >= 4 is 22.6 Å². The molecule has 10 heteroatoms. The van der Waals surface area contributed by atoms with Crippen LogP contribution in [0.2, 0.25) is 5.02 Å². The number of aromatic nitrogens is 6. The Bertz CT molecular complexity index is 1230. The largest absolute Gasteiger partial charge is 0.373 e. The lowest BCUT2D eigenvalue weighted by Crippen LogP contribution is -2.21. The molecule has 1 fully saturated rings. The van der Waals surface area contributed by atoms with E-state index in [1.807, 2.05) is 24.3 Å². The molecule has 4 heterocycles. The normalized spacial score (nSPS) is 19.2. The summed E-state index contributed by atoms with van der Waals surface area (Å²) in [5.41, 5.74) is 1.85. The van der Waals surface area contributed by atoms with E-state index in [1.54, 1.807) is 19.3 Å². The van der Waals surface area contributed by atoms with Gasteiger partial charge in [0, 0.05) is 24.2 Å². The minimum Gasteiger partial charge on any atom is -0.373 e. The number of hydrogen-bond acceptors (Lipinski definition) is 7. The Balaban J connectivity index is 1.32. The van der Waals surface area contributed by atoms with Gasteiger partial charge in [0.25, 0.3) is 5.56 Å². The predicted octanol–water partition coefficient (Wildman–Crippen LogP) is 2.46. The summed E-state index contributed by atoms with van der Waals surface area (Å²) >= 11 is 5.95. The van der Waals surface area contributed by atoms with Crippen molar-refractivity contribution in [2.24, 2.45) is 7.05 Å². The van der Waals surface area contributed by atoms with Gasteiger partial charge in [-0.05, 0) is 30.2 Å². The third kappa shape index (κ3) is 3.32. The molecule has 9 nitrogen and oxygen atoms in total. The SMILES string of the molecule is Cn1nnc2ccn(Cc3nc([C@@H]4CO[C@@H](c5ccc(Cl)cc5)C4)no3)c(=O)c21. The minimum absolute atomic E-state index is 0.0263. The van der Waals surface area contributed by atoms with Crippen LogP contribution in [0.4, 0.5) is 0 Å². The molecule has 0 saturated carbocycles. The molecule has 0 N–H and O–H groups in total. The molecule has 1 aromatic carbocycles. The second-order valence-electron chi connectivity index (χ2n) is 7.05. The second kappa shape index (κ2) is 7.09. The molecule has 4 aromatic rings.